The second-order valence-electron chi connectivity index (χ2n) is 4.07. The molecule has 1 saturated heterocycles. The van der Waals surface area contributed by atoms with E-state index in [1.54, 1.807) is 11.8 Å². The monoisotopic (exact) mass is 266 g/mol. The van der Waals surface area contributed by atoms with E-state index in [0.29, 0.717) is 0 Å². The van der Waals surface area contributed by atoms with Gasteiger partial charge < -0.3 is 15.3 Å². The van der Waals surface area contributed by atoms with Gasteiger partial charge in [-0.25, -0.2) is 4.79 Å². The Bertz CT molecular complexity index is 472. The Morgan fingerprint density at radius 2 is 2.06 bits per heavy atom. The number of amides is 2. The summed E-state index contributed by atoms with van der Waals surface area (Å²) in [6.45, 7) is 0.561. The highest BCUT2D eigenvalue weighted by Gasteiger charge is 2.35. The number of benzene rings is 1. The number of nitrogens with one attached hydrogen (secondary N) is 1. The minimum Gasteiger partial charge on any atom is -0.481 e. The van der Waals surface area contributed by atoms with Crippen LogP contribution in [0.4, 0.5) is 10.5 Å². The molecule has 2 N–H and O–H groups in total. The number of carbonyl (C=O) groups excluding carboxylic acids is 1. The number of anilines is 1. The van der Waals surface area contributed by atoms with Crippen molar-refractivity contribution in [3.8, 4) is 0 Å². The molecule has 1 heterocycles. The van der Waals surface area contributed by atoms with Gasteiger partial charge in [0.25, 0.3) is 0 Å². The highest BCUT2D eigenvalue weighted by molar-refractivity contribution is 7.98. The second-order valence-corrected chi connectivity index (χ2v) is 4.92. The zero-order valence-corrected chi connectivity index (χ0v) is 10.7. The molecule has 0 bridgehead atoms. The van der Waals surface area contributed by atoms with E-state index in [9.17, 15) is 9.59 Å². The van der Waals surface area contributed by atoms with E-state index in [1.165, 1.54) is 4.90 Å². The van der Waals surface area contributed by atoms with E-state index < -0.39 is 11.9 Å². The fraction of sp³-hybridized carbons (Fsp3) is 0.333. The van der Waals surface area contributed by atoms with Crippen molar-refractivity contribution in [3.63, 3.8) is 0 Å². The van der Waals surface area contributed by atoms with Gasteiger partial charge in [0.2, 0.25) is 0 Å². The lowest BCUT2D eigenvalue weighted by molar-refractivity contribution is -0.145. The fourth-order valence-electron chi connectivity index (χ4n) is 1.74. The number of likely N-dealkylation sites (tertiary alicyclic amines) is 1. The number of nitrogens with zero attached hydrogens (tertiary/aromatic N) is 1. The maximum absolute atomic E-state index is 11.8. The maximum Gasteiger partial charge on any atom is 0.321 e. The molecule has 1 aromatic rings. The van der Waals surface area contributed by atoms with Crippen molar-refractivity contribution in [3.05, 3.63) is 24.3 Å². The molecule has 0 aromatic heterocycles. The van der Waals surface area contributed by atoms with Gasteiger partial charge >= 0.3 is 12.0 Å². The van der Waals surface area contributed by atoms with Gasteiger partial charge in [0.15, 0.2) is 0 Å². The molecule has 0 saturated carbocycles. The van der Waals surface area contributed by atoms with Crippen LogP contribution < -0.4 is 5.32 Å². The summed E-state index contributed by atoms with van der Waals surface area (Å²) in [6, 6.07) is 7.28. The smallest absolute Gasteiger partial charge is 0.321 e. The molecule has 96 valence electrons. The largest absolute Gasteiger partial charge is 0.481 e. The number of hydrogen-bond donors (Lipinski definition) is 2. The lowest BCUT2D eigenvalue weighted by Crippen LogP contribution is -2.54. The average molecular weight is 266 g/mol. The maximum atomic E-state index is 11.8. The van der Waals surface area contributed by atoms with E-state index in [0.717, 1.165) is 10.6 Å². The molecule has 2 rings (SSSR count). The Labute approximate surface area is 109 Å². The van der Waals surface area contributed by atoms with Crippen molar-refractivity contribution in [1.29, 1.82) is 0 Å². The summed E-state index contributed by atoms with van der Waals surface area (Å²) in [5, 5.41) is 11.5. The normalized spacial score (nSPS) is 15.1. The number of aliphatic carboxylic acids is 1. The first-order chi connectivity index (χ1) is 8.61. The van der Waals surface area contributed by atoms with Crippen LogP contribution in [0.25, 0.3) is 0 Å². The molecule has 1 aromatic carbocycles. The van der Waals surface area contributed by atoms with E-state index in [1.807, 2.05) is 30.5 Å². The lowest BCUT2D eigenvalue weighted by Gasteiger charge is -2.36. The van der Waals surface area contributed by atoms with Crippen LogP contribution in [0.5, 0.6) is 0 Å². The topological polar surface area (TPSA) is 69.6 Å². The Hall–Kier alpha value is -1.69. The summed E-state index contributed by atoms with van der Waals surface area (Å²) in [7, 11) is 0. The van der Waals surface area contributed by atoms with E-state index in [4.69, 9.17) is 5.11 Å². The van der Waals surface area contributed by atoms with Crippen LogP contribution in [-0.4, -0.2) is 41.4 Å². The van der Waals surface area contributed by atoms with Crippen molar-refractivity contribution >= 4 is 29.4 Å². The quantitative estimate of drug-likeness (QED) is 0.820. The van der Waals surface area contributed by atoms with Gasteiger partial charge in [-0.1, -0.05) is 12.1 Å². The van der Waals surface area contributed by atoms with Crippen molar-refractivity contribution in [2.24, 2.45) is 5.92 Å². The Kier molecular flexibility index (Phi) is 3.76. The number of carboxylic acid groups (broad SMARTS) is 1. The molecule has 5 nitrogen and oxygen atoms in total. The van der Waals surface area contributed by atoms with Gasteiger partial charge in [-0.3, -0.25) is 4.79 Å². The van der Waals surface area contributed by atoms with Gasteiger partial charge in [-0.05, 0) is 18.4 Å². The molecule has 0 atom stereocenters. The van der Waals surface area contributed by atoms with E-state index in [-0.39, 0.29) is 19.1 Å². The number of carbonyl (C=O) groups is 2. The summed E-state index contributed by atoms with van der Waals surface area (Å²) in [5.74, 6) is -1.27. The summed E-state index contributed by atoms with van der Waals surface area (Å²) < 4.78 is 0. The van der Waals surface area contributed by atoms with Crippen LogP contribution in [0.2, 0.25) is 0 Å². The van der Waals surface area contributed by atoms with Crippen LogP contribution in [0.3, 0.4) is 0 Å². The van der Waals surface area contributed by atoms with Crippen LogP contribution in [0.15, 0.2) is 29.2 Å². The number of para-hydroxylation sites is 1. The predicted molar refractivity (Wildman–Crippen MR) is 69.9 cm³/mol. The molecule has 2 amide bonds. The summed E-state index contributed by atoms with van der Waals surface area (Å²) in [6.07, 6.45) is 1.94. The van der Waals surface area contributed by atoms with Crippen LogP contribution >= 0.6 is 11.8 Å². The number of thioether (sulfide) groups is 1. The molecule has 18 heavy (non-hydrogen) atoms. The molecular weight excluding hydrogens is 252 g/mol. The molecule has 0 spiro atoms. The van der Waals surface area contributed by atoms with Gasteiger partial charge in [-0.15, -0.1) is 11.8 Å². The van der Waals surface area contributed by atoms with Crippen molar-refractivity contribution < 1.29 is 14.7 Å². The molecule has 0 radical (unpaired) electrons. The third-order valence-corrected chi connectivity index (χ3v) is 3.66. The number of hydrogen-bond acceptors (Lipinski definition) is 3. The number of rotatable bonds is 3. The van der Waals surface area contributed by atoms with Crippen LogP contribution in [0, 0.1) is 5.92 Å². The molecule has 0 aliphatic carbocycles. The highest BCUT2D eigenvalue weighted by atomic mass is 32.2. The standard InChI is InChI=1S/C12H14N2O3S/c1-18-10-5-3-2-4-9(10)13-12(17)14-6-8(7-14)11(15)16/h2-5,8H,6-7H2,1H3,(H,13,17)(H,15,16). The lowest BCUT2D eigenvalue weighted by atomic mass is 10.0. The van der Waals surface area contributed by atoms with Gasteiger partial charge in [0.1, 0.15) is 0 Å². The Morgan fingerprint density at radius 3 is 2.67 bits per heavy atom. The summed E-state index contributed by atoms with van der Waals surface area (Å²) in [5.41, 5.74) is 0.758. The zero-order chi connectivity index (χ0) is 13.1. The average Bonchev–Trinajstić information content (AvgIpc) is 2.27. The van der Waals surface area contributed by atoms with Crippen molar-refractivity contribution in [2.75, 3.05) is 24.7 Å². The van der Waals surface area contributed by atoms with Crippen molar-refractivity contribution in [1.82, 2.24) is 4.90 Å². The Morgan fingerprint density at radius 1 is 1.39 bits per heavy atom. The summed E-state index contributed by atoms with van der Waals surface area (Å²) >= 11 is 1.55. The minimum absolute atomic E-state index is 0.242. The third-order valence-electron chi connectivity index (χ3n) is 2.87. The van der Waals surface area contributed by atoms with Crippen LogP contribution in [-0.2, 0) is 4.79 Å². The predicted octanol–water partition coefficient (Wildman–Crippen LogP) is 1.96. The Balaban J connectivity index is 1.94. The zero-order valence-electron chi connectivity index (χ0n) is 9.92. The van der Waals surface area contributed by atoms with E-state index in [2.05, 4.69) is 5.32 Å². The molecule has 6 heteroatoms. The molecule has 1 aliphatic heterocycles. The molecule has 1 aliphatic rings. The number of urea groups is 1. The fourth-order valence-corrected chi connectivity index (χ4v) is 2.30. The van der Waals surface area contributed by atoms with Gasteiger partial charge in [-0.2, -0.15) is 0 Å². The first kappa shape index (κ1) is 12.8. The SMILES string of the molecule is CSc1ccccc1NC(=O)N1CC(C(=O)O)C1. The molecular formula is C12H14N2O3S. The van der Waals surface area contributed by atoms with Gasteiger partial charge in [0, 0.05) is 18.0 Å². The first-order valence-electron chi connectivity index (χ1n) is 5.53. The molecule has 1 fully saturated rings. The second kappa shape index (κ2) is 5.30. The van der Waals surface area contributed by atoms with Crippen molar-refractivity contribution in [2.45, 2.75) is 4.90 Å². The van der Waals surface area contributed by atoms with Crippen LogP contribution in [0.1, 0.15) is 0 Å². The number of carboxylic acids is 1. The molecule has 0 unspecified atom stereocenters. The van der Waals surface area contributed by atoms with E-state index >= 15 is 0 Å². The minimum atomic E-state index is -0.844. The first-order valence-corrected chi connectivity index (χ1v) is 6.76. The highest BCUT2D eigenvalue weighted by Crippen LogP contribution is 2.25. The summed E-state index contributed by atoms with van der Waals surface area (Å²) in [4.78, 5) is 25.0. The van der Waals surface area contributed by atoms with Gasteiger partial charge in [0.05, 0.1) is 11.6 Å². The third kappa shape index (κ3) is 2.59.